The number of nitrogens with zero attached hydrogens (tertiary/aromatic N) is 1. The summed E-state index contributed by atoms with van der Waals surface area (Å²) in [6, 6.07) is 15.0. The molecule has 1 atom stereocenters. The lowest BCUT2D eigenvalue weighted by Crippen LogP contribution is -2.40. The van der Waals surface area contributed by atoms with E-state index in [0.717, 1.165) is 27.8 Å². The van der Waals surface area contributed by atoms with E-state index in [0.29, 0.717) is 28.7 Å². The molecule has 7 heteroatoms. The minimum atomic E-state index is -3.64. The predicted octanol–water partition coefficient (Wildman–Crippen LogP) is 6.12. The first-order chi connectivity index (χ1) is 13.9. The Kier molecular flexibility index (Phi) is 7.22. The van der Waals surface area contributed by atoms with Gasteiger partial charge >= 0.3 is 0 Å². The monoisotopic (exact) mass is 451 g/mol. The van der Waals surface area contributed by atoms with Crippen molar-refractivity contribution in [3.63, 3.8) is 0 Å². The van der Waals surface area contributed by atoms with Crippen LogP contribution in [0.1, 0.15) is 32.3 Å². The summed E-state index contributed by atoms with van der Waals surface area (Å²) in [5.74, 6) is 0.751. The minimum absolute atomic E-state index is 0.220. The van der Waals surface area contributed by atoms with Crippen LogP contribution in [-0.2, 0) is 10.0 Å². The fourth-order valence-corrected chi connectivity index (χ4v) is 6.88. The van der Waals surface area contributed by atoms with Gasteiger partial charge in [0.15, 0.2) is 0 Å². The maximum atomic E-state index is 13.5. The molecular formula is C22H26ClNO3S2. The molecule has 1 heterocycles. The van der Waals surface area contributed by atoms with Crippen LogP contribution in [0.4, 0.5) is 0 Å². The first-order valence-corrected chi connectivity index (χ1v) is 12.4. The molecule has 0 saturated heterocycles. The van der Waals surface area contributed by atoms with Crippen molar-refractivity contribution in [3.05, 3.63) is 59.1 Å². The predicted molar refractivity (Wildman–Crippen MR) is 122 cm³/mol. The van der Waals surface area contributed by atoms with E-state index in [1.165, 1.54) is 11.3 Å². The smallest absolute Gasteiger partial charge is 0.252 e. The lowest BCUT2D eigenvalue weighted by molar-refractivity contribution is 0.165. The zero-order valence-corrected chi connectivity index (χ0v) is 19.3. The topological polar surface area (TPSA) is 46.6 Å². The van der Waals surface area contributed by atoms with E-state index >= 15 is 0 Å². The fraction of sp³-hybridized carbons (Fsp3) is 0.364. The highest BCUT2D eigenvalue weighted by molar-refractivity contribution is 7.91. The standard InChI is InChI=1S/C22H26ClNO3S2/c1-4-13-24(15-18(5-2)27-19-9-7-6-8-10-19)29(25,26)22-16(3)20-14-17(23)11-12-21(20)28-22/h6-12,14,18H,4-5,13,15H2,1-3H3. The van der Waals surface area contributed by atoms with Gasteiger partial charge in [0.2, 0.25) is 0 Å². The van der Waals surface area contributed by atoms with Gasteiger partial charge in [-0.05, 0) is 61.0 Å². The molecule has 0 fully saturated rings. The Labute approximate surface area is 182 Å². The Morgan fingerprint density at radius 2 is 1.86 bits per heavy atom. The largest absolute Gasteiger partial charge is 0.489 e. The van der Waals surface area contributed by atoms with E-state index < -0.39 is 10.0 Å². The fourth-order valence-electron chi connectivity index (χ4n) is 3.26. The molecule has 0 N–H and O–H groups in total. The first-order valence-electron chi connectivity index (χ1n) is 9.77. The second kappa shape index (κ2) is 9.47. The molecule has 0 radical (unpaired) electrons. The highest BCUT2D eigenvalue weighted by Crippen LogP contribution is 2.37. The average Bonchev–Trinajstić information content (AvgIpc) is 3.04. The molecule has 1 unspecified atom stereocenters. The Morgan fingerprint density at radius 1 is 1.14 bits per heavy atom. The van der Waals surface area contributed by atoms with Gasteiger partial charge in [-0.1, -0.05) is 43.6 Å². The number of benzene rings is 2. The molecule has 2 aromatic carbocycles. The number of halogens is 1. The van der Waals surface area contributed by atoms with Crippen LogP contribution in [0, 0.1) is 6.92 Å². The van der Waals surface area contributed by atoms with Gasteiger partial charge in [-0.25, -0.2) is 8.42 Å². The molecule has 29 heavy (non-hydrogen) atoms. The lowest BCUT2D eigenvalue weighted by Gasteiger charge is -2.26. The molecule has 0 amide bonds. The lowest BCUT2D eigenvalue weighted by atomic mass is 10.2. The van der Waals surface area contributed by atoms with Gasteiger partial charge in [0.05, 0.1) is 6.54 Å². The van der Waals surface area contributed by atoms with Crippen molar-refractivity contribution in [3.8, 4) is 5.75 Å². The molecule has 0 aliphatic heterocycles. The van der Waals surface area contributed by atoms with Gasteiger partial charge in [0, 0.05) is 16.3 Å². The van der Waals surface area contributed by atoms with Gasteiger partial charge in [-0.3, -0.25) is 0 Å². The number of aryl methyl sites for hydroxylation is 1. The van der Waals surface area contributed by atoms with Crippen molar-refractivity contribution in [2.24, 2.45) is 0 Å². The maximum Gasteiger partial charge on any atom is 0.252 e. The van der Waals surface area contributed by atoms with E-state index in [1.807, 2.05) is 63.2 Å². The van der Waals surface area contributed by atoms with E-state index in [9.17, 15) is 8.42 Å². The van der Waals surface area contributed by atoms with Crippen LogP contribution in [0.2, 0.25) is 5.02 Å². The van der Waals surface area contributed by atoms with Crippen LogP contribution in [0.3, 0.4) is 0 Å². The third-order valence-electron chi connectivity index (χ3n) is 4.81. The Hall–Kier alpha value is -1.60. The highest BCUT2D eigenvalue weighted by Gasteiger charge is 2.30. The first kappa shape index (κ1) is 22.1. The Bertz CT molecular complexity index is 1060. The molecular weight excluding hydrogens is 426 g/mol. The number of hydrogen-bond acceptors (Lipinski definition) is 4. The molecule has 0 saturated carbocycles. The van der Waals surface area contributed by atoms with Crippen LogP contribution < -0.4 is 4.74 Å². The minimum Gasteiger partial charge on any atom is -0.489 e. The van der Waals surface area contributed by atoms with Gasteiger partial charge in [-0.2, -0.15) is 4.31 Å². The van der Waals surface area contributed by atoms with Crippen molar-refractivity contribution >= 4 is 43.0 Å². The summed E-state index contributed by atoms with van der Waals surface area (Å²) >= 11 is 7.42. The van der Waals surface area contributed by atoms with Crippen LogP contribution in [0.15, 0.2) is 52.7 Å². The van der Waals surface area contributed by atoms with E-state index in [-0.39, 0.29) is 6.10 Å². The molecule has 4 nitrogen and oxygen atoms in total. The number of fused-ring (bicyclic) bond motifs is 1. The second-order valence-electron chi connectivity index (χ2n) is 6.98. The number of ether oxygens (including phenoxy) is 1. The quantitative estimate of drug-likeness (QED) is 0.393. The molecule has 156 valence electrons. The van der Waals surface area contributed by atoms with E-state index in [4.69, 9.17) is 16.3 Å². The summed E-state index contributed by atoms with van der Waals surface area (Å²) in [5, 5.41) is 1.50. The van der Waals surface area contributed by atoms with Crippen LogP contribution in [-0.4, -0.2) is 31.9 Å². The number of sulfonamides is 1. The zero-order chi connectivity index (χ0) is 21.0. The molecule has 3 aromatic rings. The Morgan fingerprint density at radius 3 is 2.52 bits per heavy atom. The van der Waals surface area contributed by atoms with Crippen molar-refractivity contribution < 1.29 is 13.2 Å². The maximum absolute atomic E-state index is 13.5. The summed E-state index contributed by atoms with van der Waals surface area (Å²) in [6.45, 7) is 6.61. The van der Waals surface area contributed by atoms with Gasteiger partial charge in [0.25, 0.3) is 10.0 Å². The van der Waals surface area contributed by atoms with Crippen LogP contribution in [0.25, 0.3) is 10.1 Å². The number of thiophene rings is 1. The van der Waals surface area contributed by atoms with Gasteiger partial charge < -0.3 is 4.74 Å². The number of para-hydroxylation sites is 1. The number of hydrogen-bond donors (Lipinski definition) is 0. The molecule has 0 spiro atoms. The molecule has 0 bridgehead atoms. The second-order valence-corrected chi connectivity index (χ2v) is 10.6. The normalized spacial score (nSPS) is 13.1. The summed E-state index contributed by atoms with van der Waals surface area (Å²) < 4.78 is 36.0. The summed E-state index contributed by atoms with van der Waals surface area (Å²) in [6.07, 6.45) is 1.23. The van der Waals surface area contributed by atoms with Crippen molar-refractivity contribution in [1.29, 1.82) is 0 Å². The zero-order valence-electron chi connectivity index (χ0n) is 16.9. The summed E-state index contributed by atoms with van der Waals surface area (Å²) in [5.41, 5.74) is 0.755. The third kappa shape index (κ3) is 4.94. The van der Waals surface area contributed by atoms with Gasteiger partial charge in [0.1, 0.15) is 16.1 Å². The average molecular weight is 452 g/mol. The SMILES string of the molecule is CCCN(CC(CC)Oc1ccccc1)S(=O)(=O)c1sc2ccc(Cl)cc2c1C. The Balaban J connectivity index is 1.91. The summed E-state index contributed by atoms with van der Waals surface area (Å²) in [4.78, 5) is 0. The van der Waals surface area contributed by atoms with Crippen LogP contribution in [0.5, 0.6) is 5.75 Å². The van der Waals surface area contributed by atoms with E-state index in [2.05, 4.69) is 0 Å². The van der Waals surface area contributed by atoms with Crippen molar-refractivity contribution in [2.75, 3.05) is 13.1 Å². The molecule has 1 aromatic heterocycles. The molecule has 0 aliphatic rings. The van der Waals surface area contributed by atoms with E-state index in [1.54, 1.807) is 10.4 Å². The third-order valence-corrected chi connectivity index (χ3v) is 8.78. The molecule has 3 rings (SSSR count). The van der Waals surface area contributed by atoms with Crippen LogP contribution >= 0.6 is 22.9 Å². The summed E-state index contributed by atoms with van der Waals surface area (Å²) in [7, 11) is -3.64. The van der Waals surface area contributed by atoms with Crippen molar-refractivity contribution in [2.45, 2.75) is 43.9 Å². The van der Waals surface area contributed by atoms with Gasteiger partial charge in [-0.15, -0.1) is 11.3 Å². The highest BCUT2D eigenvalue weighted by atomic mass is 35.5. The van der Waals surface area contributed by atoms with Crippen molar-refractivity contribution in [1.82, 2.24) is 4.31 Å². The molecule has 0 aliphatic carbocycles. The number of rotatable bonds is 9.